The number of amides is 2. The molecule has 2 heterocycles. The first-order valence-electron chi connectivity index (χ1n) is 11.3. The maximum absolute atomic E-state index is 13.5. The van der Waals surface area contributed by atoms with Crippen LogP contribution in [0.2, 0.25) is 0 Å². The van der Waals surface area contributed by atoms with Gasteiger partial charge in [-0.3, -0.25) is 9.59 Å². The van der Waals surface area contributed by atoms with Crippen molar-refractivity contribution in [2.24, 2.45) is 0 Å². The van der Waals surface area contributed by atoms with Crippen LogP contribution in [0.15, 0.2) is 72.9 Å². The highest BCUT2D eigenvalue weighted by Crippen LogP contribution is 2.35. The van der Waals surface area contributed by atoms with Gasteiger partial charge in [0.1, 0.15) is 5.75 Å². The number of ether oxygens (including phenoxy) is 3. The molecule has 0 radical (unpaired) electrons. The number of carbonyl (C=O) groups is 2. The number of aromatic nitrogens is 2. The number of carbonyl (C=O) groups excluding carboxylic acids is 2. The van der Waals surface area contributed by atoms with Crippen LogP contribution in [0, 0.1) is 0 Å². The van der Waals surface area contributed by atoms with Gasteiger partial charge in [0, 0.05) is 17.4 Å². The van der Waals surface area contributed by atoms with Crippen LogP contribution in [-0.2, 0) is 4.79 Å². The lowest BCUT2D eigenvalue weighted by Gasteiger charge is -2.23. The molecular weight excluding hydrogens is 460 g/mol. The number of rotatable bonds is 6. The summed E-state index contributed by atoms with van der Waals surface area (Å²) < 4.78 is 18.1. The van der Waals surface area contributed by atoms with Crippen molar-refractivity contribution in [3.63, 3.8) is 0 Å². The molecule has 0 spiro atoms. The number of fused-ring (bicyclic) bond motifs is 1. The summed E-state index contributed by atoms with van der Waals surface area (Å²) in [5.74, 6) is 0.998. The van der Waals surface area contributed by atoms with Crippen LogP contribution >= 0.6 is 0 Å². The van der Waals surface area contributed by atoms with Gasteiger partial charge < -0.3 is 24.8 Å². The third-order valence-electron chi connectivity index (χ3n) is 5.81. The van der Waals surface area contributed by atoms with Gasteiger partial charge in [0.25, 0.3) is 11.8 Å². The number of nitrogens with zero attached hydrogens (tertiary/aromatic N) is 2. The van der Waals surface area contributed by atoms with E-state index in [-0.39, 0.29) is 11.6 Å². The smallest absolute Gasteiger partial charge is 0.276 e. The molecule has 0 bridgehead atoms. The van der Waals surface area contributed by atoms with Crippen molar-refractivity contribution in [3.8, 4) is 34.1 Å². The zero-order valence-corrected chi connectivity index (χ0v) is 19.9. The molecule has 1 aliphatic heterocycles. The molecule has 5 rings (SSSR count). The number of hydrogen-bond donors (Lipinski definition) is 2. The summed E-state index contributed by atoms with van der Waals surface area (Å²) >= 11 is 0. The molecule has 2 N–H and O–H groups in total. The van der Waals surface area contributed by atoms with Gasteiger partial charge in [-0.1, -0.05) is 24.3 Å². The van der Waals surface area contributed by atoms with Gasteiger partial charge in [-0.05, 0) is 55.0 Å². The Morgan fingerprint density at radius 2 is 1.81 bits per heavy atom. The summed E-state index contributed by atoms with van der Waals surface area (Å²) in [6, 6.07) is 20.0. The van der Waals surface area contributed by atoms with Crippen molar-refractivity contribution >= 4 is 23.2 Å². The molecule has 0 saturated carbocycles. The minimum Gasteiger partial charge on any atom is -0.493 e. The predicted molar refractivity (Wildman–Crippen MR) is 135 cm³/mol. The molecule has 1 aromatic heterocycles. The molecule has 9 heteroatoms. The monoisotopic (exact) mass is 484 g/mol. The fraction of sp³-hybridized carbons (Fsp3) is 0.148. The lowest BCUT2D eigenvalue weighted by molar-refractivity contribution is -0.122. The maximum Gasteiger partial charge on any atom is 0.276 e. The summed E-state index contributed by atoms with van der Waals surface area (Å²) in [4.78, 5) is 25.4. The quantitative estimate of drug-likeness (QED) is 0.417. The Morgan fingerprint density at radius 1 is 1.03 bits per heavy atom. The Balaban J connectivity index is 1.52. The summed E-state index contributed by atoms with van der Waals surface area (Å²) in [7, 11) is 3.12. The second-order valence-corrected chi connectivity index (χ2v) is 8.16. The first-order chi connectivity index (χ1) is 17.5. The number of para-hydroxylation sites is 1. The standard InChI is InChI=1S/C27H24N4O5/c1-16-26(32)29-21-14-18(10-12-22(21)36-16)28-27(33)25-20(15-31(30-25)19-7-5-4-6-8-19)17-9-11-23(34-2)24(13-17)35-3/h4-16H,1-3H3,(H,28,33)(H,29,32). The molecule has 0 saturated heterocycles. The van der Waals surface area contributed by atoms with Gasteiger partial charge in [0.05, 0.1) is 25.6 Å². The highest BCUT2D eigenvalue weighted by atomic mass is 16.5. The zero-order chi connectivity index (χ0) is 25.2. The van der Waals surface area contributed by atoms with Gasteiger partial charge in [0.2, 0.25) is 0 Å². The highest BCUT2D eigenvalue weighted by Gasteiger charge is 2.25. The van der Waals surface area contributed by atoms with Crippen LogP contribution in [0.1, 0.15) is 17.4 Å². The van der Waals surface area contributed by atoms with Crippen LogP contribution in [0.5, 0.6) is 17.2 Å². The van der Waals surface area contributed by atoms with Gasteiger partial charge in [-0.25, -0.2) is 4.68 Å². The second-order valence-electron chi connectivity index (χ2n) is 8.16. The fourth-order valence-corrected chi connectivity index (χ4v) is 3.95. The lowest BCUT2D eigenvalue weighted by Crippen LogP contribution is -2.34. The molecule has 1 atom stereocenters. The van der Waals surface area contributed by atoms with E-state index >= 15 is 0 Å². The van der Waals surface area contributed by atoms with E-state index in [1.807, 2.05) is 36.4 Å². The molecule has 0 fully saturated rings. The average molecular weight is 485 g/mol. The normalized spacial score (nSPS) is 14.3. The number of anilines is 2. The Labute approximate surface area is 207 Å². The van der Waals surface area contributed by atoms with Crippen molar-refractivity contribution in [1.29, 1.82) is 0 Å². The Bertz CT molecular complexity index is 1450. The van der Waals surface area contributed by atoms with Gasteiger partial charge in [-0.15, -0.1) is 0 Å². The molecule has 9 nitrogen and oxygen atoms in total. The van der Waals surface area contributed by atoms with E-state index in [1.54, 1.807) is 62.4 Å². The minimum absolute atomic E-state index is 0.220. The van der Waals surface area contributed by atoms with Crippen molar-refractivity contribution < 1.29 is 23.8 Å². The van der Waals surface area contributed by atoms with Crippen molar-refractivity contribution in [3.05, 3.63) is 78.6 Å². The van der Waals surface area contributed by atoms with Crippen molar-refractivity contribution in [2.45, 2.75) is 13.0 Å². The Kier molecular flexibility index (Phi) is 6.03. The van der Waals surface area contributed by atoms with E-state index in [0.717, 1.165) is 11.3 Å². The Morgan fingerprint density at radius 3 is 2.56 bits per heavy atom. The van der Waals surface area contributed by atoms with Crippen LogP contribution in [-0.4, -0.2) is 41.9 Å². The summed E-state index contributed by atoms with van der Waals surface area (Å²) in [6.07, 6.45) is 1.22. The SMILES string of the molecule is COc1ccc(-c2cn(-c3ccccc3)nc2C(=O)Nc2ccc3c(c2)NC(=O)C(C)O3)cc1OC. The minimum atomic E-state index is -0.580. The lowest BCUT2D eigenvalue weighted by atomic mass is 10.1. The summed E-state index contributed by atoms with van der Waals surface area (Å²) in [5.41, 5.74) is 3.36. The van der Waals surface area contributed by atoms with Crippen LogP contribution < -0.4 is 24.8 Å². The van der Waals surface area contributed by atoms with Crippen LogP contribution in [0.3, 0.4) is 0 Å². The van der Waals surface area contributed by atoms with E-state index in [9.17, 15) is 9.59 Å². The van der Waals surface area contributed by atoms with Crippen LogP contribution in [0.4, 0.5) is 11.4 Å². The molecular formula is C27H24N4O5. The van der Waals surface area contributed by atoms with E-state index in [2.05, 4.69) is 15.7 Å². The molecule has 0 aliphatic carbocycles. The molecule has 4 aromatic rings. The van der Waals surface area contributed by atoms with Crippen molar-refractivity contribution in [1.82, 2.24) is 9.78 Å². The summed E-state index contributed by atoms with van der Waals surface area (Å²) in [6.45, 7) is 1.67. The highest BCUT2D eigenvalue weighted by molar-refractivity contribution is 6.08. The third kappa shape index (κ3) is 4.34. The zero-order valence-electron chi connectivity index (χ0n) is 19.9. The number of hydrogen-bond acceptors (Lipinski definition) is 6. The van der Waals surface area contributed by atoms with Crippen molar-refractivity contribution in [2.75, 3.05) is 24.9 Å². The first-order valence-corrected chi connectivity index (χ1v) is 11.3. The largest absolute Gasteiger partial charge is 0.493 e. The average Bonchev–Trinajstić information content (AvgIpc) is 3.35. The first kappa shape index (κ1) is 23.0. The van der Waals surface area contributed by atoms with E-state index in [0.29, 0.717) is 34.2 Å². The van der Waals surface area contributed by atoms with E-state index in [4.69, 9.17) is 14.2 Å². The Hall–Kier alpha value is -4.79. The predicted octanol–water partition coefficient (Wildman–Crippen LogP) is 4.53. The molecule has 1 unspecified atom stereocenters. The molecule has 3 aromatic carbocycles. The number of benzene rings is 3. The topological polar surface area (TPSA) is 104 Å². The molecule has 36 heavy (non-hydrogen) atoms. The van der Waals surface area contributed by atoms with Crippen LogP contribution in [0.25, 0.3) is 16.8 Å². The van der Waals surface area contributed by atoms with Gasteiger partial charge in [0.15, 0.2) is 23.3 Å². The van der Waals surface area contributed by atoms with E-state index in [1.165, 1.54) is 0 Å². The number of nitrogens with one attached hydrogen (secondary N) is 2. The number of methoxy groups -OCH3 is 2. The molecule has 1 aliphatic rings. The molecule has 2 amide bonds. The fourth-order valence-electron chi connectivity index (χ4n) is 3.95. The van der Waals surface area contributed by atoms with Gasteiger partial charge in [-0.2, -0.15) is 5.10 Å². The summed E-state index contributed by atoms with van der Waals surface area (Å²) in [5, 5.41) is 10.3. The maximum atomic E-state index is 13.5. The second kappa shape index (κ2) is 9.46. The third-order valence-corrected chi connectivity index (χ3v) is 5.81. The van der Waals surface area contributed by atoms with Gasteiger partial charge >= 0.3 is 0 Å². The molecule has 182 valence electrons. The van der Waals surface area contributed by atoms with E-state index < -0.39 is 12.0 Å².